The van der Waals surface area contributed by atoms with Crippen LogP contribution in [0.25, 0.3) is 0 Å². The van der Waals surface area contributed by atoms with Gasteiger partial charge in [-0.25, -0.2) is 8.42 Å². The number of nitro benzene ring substituents is 1. The minimum Gasteiger partial charge on any atom is -0.379 e. The van der Waals surface area contributed by atoms with E-state index in [-0.39, 0.29) is 35.1 Å². The molecule has 31 heavy (non-hydrogen) atoms. The van der Waals surface area contributed by atoms with Crippen LogP contribution in [0.2, 0.25) is 0 Å². The van der Waals surface area contributed by atoms with Crippen molar-refractivity contribution in [3.05, 3.63) is 89.0 Å². The fourth-order valence-corrected chi connectivity index (χ4v) is 3.89. The zero-order chi connectivity index (χ0) is 22.3. The zero-order valence-corrected chi connectivity index (χ0v) is 17.1. The molecule has 9 nitrogen and oxygen atoms in total. The van der Waals surface area contributed by atoms with Crippen LogP contribution in [-0.2, 0) is 14.8 Å². The van der Waals surface area contributed by atoms with E-state index in [2.05, 4.69) is 15.4 Å². The van der Waals surface area contributed by atoms with Crippen molar-refractivity contribution in [2.75, 3.05) is 21.9 Å². The highest BCUT2D eigenvalue weighted by Crippen LogP contribution is 2.25. The topological polar surface area (TPSA) is 130 Å². The summed E-state index contributed by atoms with van der Waals surface area (Å²) < 4.78 is 27.6. The van der Waals surface area contributed by atoms with Crippen molar-refractivity contribution >= 4 is 38.7 Å². The third-order valence-electron chi connectivity index (χ3n) is 4.27. The summed E-state index contributed by atoms with van der Waals surface area (Å²) in [7, 11) is -3.82. The average molecular weight is 440 g/mol. The molecule has 0 saturated carbocycles. The van der Waals surface area contributed by atoms with E-state index in [0.29, 0.717) is 11.4 Å². The highest BCUT2D eigenvalue weighted by atomic mass is 32.2. The summed E-state index contributed by atoms with van der Waals surface area (Å²) in [6.07, 6.45) is 0.0197. The van der Waals surface area contributed by atoms with Gasteiger partial charge in [-0.15, -0.1) is 0 Å². The van der Waals surface area contributed by atoms with Gasteiger partial charge in [0.25, 0.3) is 15.7 Å². The molecule has 0 aliphatic rings. The summed E-state index contributed by atoms with van der Waals surface area (Å²) in [6.45, 7) is 0.161. The van der Waals surface area contributed by atoms with Crippen molar-refractivity contribution in [2.45, 2.75) is 11.3 Å². The van der Waals surface area contributed by atoms with Gasteiger partial charge in [-0.3, -0.25) is 19.6 Å². The minimum atomic E-state index is -3.82. The number of para-hydroxylation sites is 4. The van der Waals surface area contributed by atoms with Crippen LogP contribution < -0.4 is 15.4 Å². The number of sulfonamides is 1. The fourth-order valence-electron chi connectivity index (χ4n) is 2.79. The first kappa shape index (κ1) is 21.8. The molecule has 0 aliphatic heterocycles. The van der Waals surface area contributed by atoms with Crippen LogP contribution in [0.15, 0.2) is 83.8 Å². The molecule has 0 radical (unpaired) electrons. The lowest BCUT2D eigenvalue weighted by atomic mass is 10.2. The molecule has 1 amide bonds. The van der Waals surface area contributed by atoms with Crippen molar-refractivity contribution in [2.24, 2.45) is 0 Å². The summed E-state index contributed by atoms with van der Waals surface area (Å²) in [4.78, 5) is 23.0. The van der Waals surface area contributed by atoms with E-state index in [0.717, 1.165) is 0 Å². The number of hydrogen-bond donors (Lipinski definition) is 3. The first-order valence-corrected chi connectivity index (χ1v) is 10.8. The quantitative estimate of drug-likeness (QED) is 0.342. The van der Waals surface area contributed by atoms with Crippen LogP contribution in [0.4, 0.5) is 22.7 Å². The number of benzene rings is 3. The van der Waals surface area contributed by atoms with Gasteiger partial charge < -0.3 is 10.6 Å². The Morgan fingerprint density at radius 1 is 0.839 bits per heavy atom. The number of amides is 1. The van der Waals surface area contributed by atoms with Crippen molar-refractivity contribution in [3.8, 4) is 0 Å². The number of carbonyl (C=O) groups excluding carboxylic acids is 1. The maximum absolute atomic E-state index is 12.6. The normalized spacial score (nSPS) is 10.8. The number of nitro groups is 1. The smallest absolute Gasteiger partial charge is 0.292 e. The molecule has 160 valence electrons. The predicted molar refractivity (Wildman–Crippen MR) is 119 cm³/mol. The second kappa shape index (κ2) is 9.72. The van der Waals surface area contributed by atoms with Crippen LogP contribution in [-0.4, -0.2) is 25.8 Å². The molecule has 3 rings (SSSR count). The van der Waals surface area contributed by atoms with Gasteiger partial charge in [0.15, 0.2) is 0 Å². The minimum absolute atomic E-state index is 0.0197. The van der Waals surface area contributed by atoms with Gasteiger partial charge in [-0.05, 0) is 30.3 Å². The third-order valence-corrected chi connectivity index (χ3v) is 5.65. The van der Waals surface area contributed by atoms with Gasteiger partial charge >= 0.3 is 0 Å². The molecular weight excluding hydrogens is 420 g/mol. The molecule has 3 aromatic rings. The van der Waals surface area contributed by atoms with Crippen molar-refractivity contribution < 1.29 is 18.1 Å². The largest absolute Gasteiger partial charge is 0.379 e. The molecule has 3 aromatic carbocycles. The fraction of sp³-hybridized carbons (Fsp3) is 0.0952. The Balaban J connectivity index is 1.63. The molecule has 0 spiro atoms. The lowest BCUT2D eigenvalue weighted by molar-refractivity contribution is -0.384. The SMILES string of the molecule is O=C(CCNc1ccccc1[N+](=O)[O-])Nc1ccccc1NS(=O)(=O)c1ccccc1. The van der Waals surface area contributed by atoms with E-state index in [1.807, 2.05) is 0 Å². The van der Waals surface area contributed by atoms with E-state index in [1.54, 1.807) is 60.7 Å². The molecular formula is C21H20N4O5S. The van der Waals surface area contributed by atoms with Gasteiger partial charge in [0.05, 0.1) is 21.2 Å². The highest BCUT2D eigenvalue weighted by Gasteiger charge is 2.17. The monoisotopic (exact) mass is 440 g/mol. The molecule has 0 fully saturated rings. The molecule has 10 heteroatoms. The molecule has 0 aromatic heterocycles. The van der Waals surface area contributed by atoms with Crippen LogP contribution >= 0.6 is 0 Å². The number of anilines is 3. The number of rotatable bonds is 9. The Labute approximate surface area is 179 Å². The predicted octanol–water partition coefficient (Wildman–Crippen LogP) is 3.84. The van der Waals surface area contributed by atoms with Crippen LogP contribution in [0.1, 0.15) is 6.42 Å². The summed E-state index contributed by atoms with van der Waals surface area (Å²) in [5.41, 5.74) is 0.768. The summed E-state index contributed by atoms with van der Waals surface area (Å²) in [5, 5.41) is 16.6. The Hall–Kier alpha value is -3.92. The second-order valence-corrected chi connectivity index (χ2v) is 8.15. The maximum Gasteiger partial charge on any atom is 0.292 e. The van der Waals surface area contributed by atoms with Gasteiger partial charge in [0, 0.05) is 19.0 Å². The molecule has 0 aliphatic carbocycles. The lowest BCUT2D eigenvalue weighted by Crippen LogP contribution is -2.19. The van der Waals surface area contributed by atoms with E-state index in [1.165, 1.54) is 18.2 Å². The summed E-state index contributed by atoms with van der Waals surface area (Å²) >= 11 is 0. The highest BCUT2D eigenvalue weighted by molar-refractivity contribution is 7.92. The average Bonchev–Trinajstić information content (AvgIpc) is 2.76. The summed E-state index contributed by atoms with van der Waals surface area (Å²) in [6, 6.07) is 20.5. The first-order chi connectivity index (χ1) is 14.9. The van der Waals surface area contributed by atoms with Gasteiger partial charge in [0.2, 0.25) is 5.91 Å². The van der Waals surface area contributed by atoms with Crippen molar-refractivity contribution in [1.29, 1.82) is 0 Å². The Kier molecular flexibility index (Phi) is 6.83. The van der Waals surface area contributed by atoms with Crippen LogP contribution in [0.3, 0.4) is 0 Å². The Bertz CT molecular complexity index is 1180. The maximum atomic E-state index is 12.6. The lowest BCUT2D eigenvalue weighted by Gasteiger charge is -2.14. The van der Waals surface area contributed by atoms with Crippen LogP contribution in [0.5, 0.6) is 0 Å². The number of hydrogen-bond acceptors (Lipinski definition) is 6. The van der Waals surface area contributed by atoms with E-state index in [4.69, 9.17) is 0 Å². The molecule has 3 N–H and O–H groups in total. The second-order valence-electron chi connectivity index (χ2n) is 6.46. The summed E-state index contributed by atoms with van der Waals surface area (Å²) in [5.74, 6) is -0.377. The van der Waals surface area contributed by atoms with E-state index in [9.17, 15) is 23.3 Å². The first-order valence-electron chi connectivity index (χ1n) is 9.31. The van der Waals surface area contributed by atoms with E-state index < -0.39 is 14.9 Å². The van der Waals surface area contributed by atoms with Gasteiger partial charge in [-0.2, -0.15) is 0 Å². The third kappa shape index (κ3) is 5.80. The molecule has 0 atom stereocenters. The van der Waals surface area contributed by atoms with Gasteiger partial charge in [-0.1, -0.05) is 42.5 Å². The van der Waals surface area contributed by atoms with Crippen molar-refractivity contribution in [3.63, 3.8) is 0 Å². The van der Waals surface area contributed by atoms with Crippen molar-refractivity contribution in [1.82, 2.24) is 0 Å². The van der Waals surface area contributed by atoms with Crippen LogP contribution in [0, 0.1) is 10.1 Å². The number of carbonyl (C=O) groups is 1. The number of nitrogens with one attached hydrogen (secondary N) is 3. The Morgan fingerprint density at radius 3 is 2.10 bits per heavy atom. The molecule has 0 unspecified atom stereocenters. The molecule has 0 bridgehead atoms. The Morgan fingerprint density at radius 2 is 1.42 bits per heavy atom. The molecule has 0 saturated heterocycles. The molecule has 0 heterocycles. The standard InChI is InChI=1S/C21H20N4O5S/c26-21(14-15-22-19-12-6-7-13-20(19)25(27)28)23-17-10-4-5-11-18(17)24-31(29,30)16-8-2-1-3-9-16/h1-13,22,24H,14-15H2,(H,23,26). The number of nitrogens with zero attached hydrogens (tertiary/aromatic N) is 1. The van der Waals surface area contributed by atoms with Gasteiger partial charge in [0.1, 0.15) is 5.69 Å². The van der Waals surface area contributed by atoms with E-state index >= 15 is 0 Å². The zero-order valence-electron chi connectivity index (χ0n) is 16.3.